The van der Waals surface area contributed by atoms with Crippen molar-refractivity contribution >= 4 is 11.6 Å². The van der Waals surface area contributed by atoms with E-state index in [2.05, 4.69) is 24.4 Å². The van der Waals surface area contributed by atoms with E-state index in [4.69, 9.17) is 4.74 Å². The topological polar surface area (TPSA) is 41.6 Å². The number of hydrogen-bond acceptors (Lipinski definition) is 3. The summed E-state index contributed by atoms with van der Waals surface area (Å²) < 4.78 is 6.05. The van der Waals surface area contributed by atoms with Crippen molar-refractivity contribution in [3.63, 3.8) is 0 Å². The highest BCUT2D eigenvalue weighted by molar-refractivity contribution is 6.02. The van der Waals surface area contributed by atoms with E-state index in [1.165, 1.54) is 5.56 Å². The summed E-state index contributed by atoms with van der Waals surface area (Å²) in [5.74, 6) is 0.846. The Morgan fingerprint density at radius 2 is 1.70 bits per heavy atom. The average Bonchev–Trinajstić information content (AvgIpc) is 2.74. The molecule has 0 fully saturated rings. The zero-order valence-corrected chi connectivity index (χ0v) is 17.8. The molecule has 1 unspecified atom stereocenters. The fourth-order valence-electron chi connectivity index (χ4n) is 4.22. The van der Waals surface area contributed by atoms with Crippen LogP contribution in [0.5, 0.6) is 5.75 Å². The van der Waals surface area contributed by atoms with Crippen LogP contribution in [0.4, 0.5) is 5.69 Å². The second-order valence-electron chi connectivity index (χ2n) is 8.12. The van der Waals surface area contributed by atoms with Gasteiger partial charge >= 0.3 is 0 Å². The maximum absolute atomic E-state index is 13.3. The van der Waals surface area contributed by atoms with Crippen LogP contribution < -0.4 is 10.1 Å². The lowest BCUT2D eigenvalue weighted by Gasteiger charge is -2.48. The molecule has 4 rings (SSSR count). The zero-order chi connectivity index (χ0) is 21.1. The van der Waals surface area contributed by atoms with Crippen LogP contribution in [0, 0.1) is 0 Å². The number of benzene rings is 3. The number of hydrogen-bond donors (Lipinski definition) is 1. The first kappa shape index (κ1) is 20.0. The van der Waals surface area contributed by atoms with Crippen LogP contribution in [0.2, 0.25) is 0 Å². The van der Waals surface area contributed by atoms with E-state index in [0.717, 1.165) is 23.4 Å². The lowest BCUT2D eigenvalue weighted by molar-refractivity contribution is 0.0433. The molecule has 0 bridgehead atoms. The SMILES string of the molecule is CC(C)N1C(=O)c2ccccc2NC1(C)c1cccc(OCCc2ccccc2)c1. The third-order valence-electron chi connectivity index (χ3n) is 5.65. The standard InChI is InChI=1S/C26H28N2O2/c1-19(2)28-25(29)23-14-7-8-15-24(23)27-26(28,3)21-12-9-13-22(18-21)30-17-16-20-10-5-4-6-11-20/h4-15,18-19,27H,16-17H2,1-3H3. The summed E-state index contributed by atoms with van der Waals surface area (Å²) in [5, 5.41) is 3.61. The molecule has 4 nitrogen and oxygen atoms in total. The van der Waals surface area contributed by atoms with Gasteiger partial charge in [-0.15, -0.1) is 0 Å². The molecule has 0 spiro atoms. The monoisotopic (exact) mass is 400 g/mol. The largest absolute Gasteiger partial charge is 0.493 e. The van der Waals surface area contributed by atoms with Gasteiger partial charge in [0.05, 0.1) is 12.2 Å². The number of anilines is 1. The Morgan fingerprint density at radius 1 is 0.967 bits per heavy atom. The summed E-state index contributed by atoms with van der Waals surface area (Å²) in [7, 11) is 0. The zero-order valence-electron chi connectivity index (χ0n) is 17.8. The van der Waals surface area contributed by atoms with Crippen molar-refractivity contribution in [1.82, 2.24) is 4.90 Å². The molecule has 0 saturated carbocycles. The molecule has 0 saturated heterocycles. The van der Waals surface area contributed by atoms with Crippen LogP contribution in [-0.2, 0) is 12.1 Å². The fraction of sp³-hybridized carbons (Fsp3) is 0.269. The molecule has 0 radical (unpaired) electrons. The lowest BCUT2D eigenvalue weighted by atomic mass is 9.92. The number of amides is 1. The van der Waals surface area contributed by atoms with Gasteiger partial charge in [-0.3, -0.25) is 4.79 Å². The second kappa shape index (κ2) is 8.23. The number of nitrogens with zero attached hydrogens (tertiary/aromatic N) is 1. The van der Waals surface area contributed by atoms with Crippen molar-refractivity contribution < 1.29 is 9.53 Å². The minimum Gasteiger partial charge on any atom is -0.493 e. The highest BCUT2D eigenvalue weighted by Gasteiger charge is 2.43. The molecule has 0 aromatic heterocycles. The van der Waals surface area contributed by atoms with Crippen LogP contribution in [0.3, 0.4) is 0 Å². The summed E-state index contributed by atoms with van der Waals surface area (Å²) in [5.41, 5.74) is 3.15. The first-order valence-corrected chi connectivity index (χ1v) is 10.5. The summed E-state index contributed by atoms with van der Waals surface area (Å²) in [6, 6.07) is 26.1. The van der Waals surface area contributed by atoms with Gasteiger partial charge in [0.1, 0.15) is 11.4 Å². The lowest BCUT2D eigenvalue weighted by Crippen LogP contribution is -2.58. The maximum Gasteiger partial charge on any atom is 0.258 e. The minimum absolute atomic E-state index is 0.0333. The average molecular weight is 401 g/mol. The number of fused-ring (bicyclic) bond motifs is 1. The molecular weight excluding hydrogens is 372 g/mol. The normalized spacial score (nSPS) is 18.1. The predicted molar refractivity (Wildman–Crippen MR) is 121 cm³/mol. The maximum atomic E-state index is 13.3. The van der Waals surface area contributed by atoms with E-state index in [1.54, 1.807) is 0 Å². The molecular formula is C26H28N2O2. The highest BCUT2D eigenvalue weighted by Crippen LogP contribution is 2.39. The molecule has 1 atom stereocenters. The van der Waals surface area contributed by atoms with Crippen molar-refractivity contribution in [2.45, 2.75) is 38.9 Å². The van der Waals surface area contributed by atoms with Crippen LogP contribution in [0.25, 0.3) is 0 Å². The van der Waals surface area contributed by atoms with E-state index in [1.807, 2.05) is 85.5 Å². The van der Waals surface area contributed by atoms with Crippen molar-refractivity contribution in [1.29, 1.82) is 0 Å². The van der Waals surface area contributed by atoms with Crippen molar-refractivity contribution in [2.24, 2.45) is 0 Å². The van der Waals surface area contributed by atoms with Gasteiger partial charge in [0.15, 0.2) is 0 Å². The van der Waals surface area contributed by atoms with Gasteiger partial charge in [-0.1, -0.05) is 54.6 Å². The van der Waals surface area contributed by atoms with Gasteiger partial charge in [0.2, 0.25) is 0 Å². The van der Waals surface area contributed by atoms with Crippen LogP contribution in [-0.4, -0.2) is 23.5 Å². The van der Waals surface area contributed by atoms with Crippen LogP contribution >= 0.6 is 0 Å². The third-order valence-corrected chi connectivity index (χ3v) is 5.65. The summed E-state index contributed by atoms with van der Waals surface area (Å²) >= 11 is 0. The Bertz CT molecular complexity index is 1030. The van der Waals surface area contributed by atoms with Crippen LogP contribution in [0.15, 0.2) is 78.9 Å². The summed E-state index contributed by atoms with van der Waals surface area (Å²) in [4.78, 5) is 15.2. The molecule has 1 N–H and O–H groups in total. The van der Waals surface area contributed by atoms with Crippen molar-refractivity contribution in [3.05, 3.63) is 95.6 Å². The number of rotatable bonds is 6. The predicted octanol–water partition coefficient (Wildman–Crippen LogP) is 5.46. The van der Waals surface area contributed by atoms with Gasteiger partial charge in [-0.25, -0.2) is 0 Å². The Morgan fingerprint density at radius 3 is 2.47 bits per heavy atom. The number of nitrogens with one attached hydrogen (secondary N) is 1. The summed E-state index contributed by atoms with van der Waals surface area (Å²) in [6.45, 7) is 6.76. The van der Waals surface area contributed by atoms with Gasteiger partial charge in [-0.05, 0) is 50.6 Å². The molecule has 3 aromatic rings. The molecule has 1 aliphatic rings. The van der Waals surface area contributed by atoms with Gasteiger partial charge in [0.25, 0.3) is 5.91 Å². The number of ether oxygens (including phenoxy) is 1. The quantitative estimate of drug-likeness (QED) is 0.598. The second-order valence-corrected chi connectivity index (χ2v) is 8.12. The first-order valence-electron chi connectivity index (χ1n) is 10.5. The van der Waals surface area contributed by atoms with E-state index < -0.39 is 5.66 Å². The molecule has 0 aliphatic carbocycles. The fourth-order valence-corrected chi connectivity index (χ4v) is 4.22. The van der Waals surface area contributed by atoms with Gasteiger partial charge in [0, 0.05) is 23.7 Å². The van der Waals surface area contributed by atoms with E-state index >= 15 is 0 Å². The Labute approximate surface area is 178 Å². The Balaban J connectivity index is 1.60. The first-order chi connectivity index (χ1) is 14.5. The van der Waals surface area contributed by atoms with E-state index in [0.29, 0.717) is 12.2 Å². The van der Waals surface area contributed by atoms with Gasteiger partial charge < -0.3 is 15.0 Å². The minimum atomic E-state index is -0.668. The van der Waals surface area contributed by atoms with Crippen LogP contribution in [0.1, 0.15) is 42.3 Å². The molecule has 4 heteroatoms. The molecule has 1 heterocycles. The molecule has 154 valence electrons. The molecule has 3 aromatic carbocycles. The third kappa shape index (κ3) is 3.78. The molecule has 1 amide bonds. The Hall–Kier alpha value is -3.27. The molecule has 1 aliphatic heterocycles. The highest BCUT2D eigenvalue weighted by atomic mass is 16.5. The Kier molecular flexibility index (Phi) is 5.49. The van der Waals surface area contributed by atoms with Crippen molar-refractivity contribution in [2.75, 3.05) is 11.9 Å². The summed E-state index contributed by atoms with van der Waals surface area (Å²) in [6.07, 6.45) is 0.852. The van der Waals surface area contributed by atoms with Crippen molar-refractivity contribution in [3.8, 4) is 5.75 Å². The number of carbonyl (C=O) groups is 1. The smallest absolute Gasteiger partial charge is 0.258 e. The number of carbonyl (C=O) groups excluding carboxylic acids is 1. The van der Waals surface area contributed by atoms with E-state index in [-0.39, 0.29) is 11.9 Å². The number of para-hydroxylation sites is 1. The van der Waals surface area contributed by atoms with Gasteiger partial charge in [-0.2, -0.15) is 0 Å². The molecule has 30 heavy (non-hydrogen) atoms. The van der Waals surface area contributed by atoms with E-state index in [9.17, 15) is 4.79 Å².